The van der Waals surface area contributed by atoms with Crippen molar-refractivity contribution >= 4 is 11.6 Å². The summed E-state index contributed by atoms with van der Waals surface area (Å²) in [7, 11) is 2.07. The van der Waals surface area contributed by atoms with Crippen LogP contribution in [0, 0.1) is 5.92 Å². The van der Waals surface area contributed by atoms with Crippen molar-refractivity contribution in [1.82, 2.24) is 5.32 Å². The van der Waals surface area contributed by atoms with E-state index in [0.717, 1.165) is 32.4 Å². The second-order valence-electron chi connectivity index (χ2n) is 5.23. The molecule has 4 nitrogen and oxygen atoms in total. The molecule has 0 saturated heterocycles. The van der Waals surface area contributed by atoms with Gasteiger partial charge in [-0.15, -0.1) is 0 Å². The minimum atomic E-state index is 0.0606. The van der Waals surface area contributed by atoms with Gasteiger partial charge in [0.05, 0.1) is 0 Å². The maximum Gasteiger partial charge on any atom is 0.222 e. The lowest BCUT2D eigenvalue weighted by Crippen LogP contribution is -2.32. The van der Waals surface area contributed by atoms with E-state index in [1.165, 1.54) is 5.69 Å². The van der Waals surface area contributed by atoms with Gasteiger partial charge in [0, 0.05) is 31.7 Å². The first kappa shape index (κ1) is 16.5. The molecule has 0 spiro atoms. The quantitative estimate of drug-likeness (QED) is 0.679. The van der Waals surface area contributed by atoms with E-state index in [-0.39, 0.29) is 11.8 Å². The van der Waals surface area contributed by atoms with Gasteiger partial charge in [-0.1, -0.05) is 25.1 Å². The van der Waals surface area contributed by atoms with Gasteiger partial charge in [0.2, 0.25) is 5.91 Å². The van der Waals surface area contributed by atoms with Gasteiger partial charge in [-0.3, -0.25) is 4.79 Å². The molecule has 0 radical (unpaired) electrons. The van der Waals surface area contributed by atoms with E-state index in [1.807, 2.05) is 25.1 Å². The molecule has 0 saturated carbocycles. The average Bonchev–Trinajstić information content (AvgIpc) is 2.49. The van der Waals surface area contributed by atoms with Crippen molar-refractivity contribution in [2.45, 2.75) is 26.2 Å². The van der Waals surface area contributed by atoms with Gasteiger partial charge in [0.1, 0.15) is 0 Å². The van der Waals surface area contributed by atoms with Crippen LogP contribution in [0.1, 0.15) is 26.2 Å². The summed E-state index contributed by atoms with van der Waals surface area (Å²) in [6.45, 7) is 4.27. The Labute approximate surface area is 122 Å². The van der Waals surface area contributed by atoms with Crippen LogP contribution < -0.4 is 16.0 Å². The Morgan fingerprint density at radius 3 is 2.65 bits per heavy atom. The van der Waals surface area contributed by atoms with Crippen LogP contribution >= 0.6 is 0 Å². The minimum absolute atomic E-state index is 0.0606. The van der Waals surface area contributed by atoms with E-state index in [2.05, 4.69) is 29.4 Å². The largest absolute Gasteiger partial charge is 0.375 e. The Kier molecular flexibility index (Phi) is 7.73. The molecule has 112 valence electrons. The van der Waals surface area contributed by atoms with Crippen LogP contribution in [0.4, 0.5) is 5.69 Å². The van der Waals surface area contributed by atoms with Crippen molar-refractivity contribution in [3.63, 3.8) is 0 Å². The molecule has 0 aliphatic heterocycles. The Morgan fingerprint density at radius 2 is 2.00 bits per heavy atom. The number of nitrogens with two attached hydrogens (primary N) is 1. The fraction of sp³-hybridized carbons (Fsp3) is 0.562. The second kappa shape index (κ2) is 9.37. The van der Waals surface area contributed by atoms with E-state index in [1.54, 1.807) is 0 Å². The van der Waals surface area contributed by atoms with Crippen molar-refractivity contribution in [2.24, 2.45) is 11.7 Å². The summed E-state index contributed by atoms with van der Waals surface area (Å²) in [5, 5.41) is 2.99. The highest BCUT2D eigenvalue weighted by molar-refractivity contribution is 5.78. The molecular weight excluding hydrogens is 250 g/mol. The first-order chi connectivity index (χ1) is 9.65. The lowest BCUT2D eigenvalue weighted by Gasteiger charge is -2.19. The number of hydrogen-bond acceptors (Lipinski definition) is 3. The number of rotatable bonds is 9. The van der Waals surface area contributed by atoms with Gasteiger partial charge in [0.25, 0.3) is 0 Å². The molecule has 1 atom stereocenters. The van der Waals surface area contributed by atoms with E-state index in [4.69, 9.17) is 5.73 Å². The summed E-state index contributed by atoms with van der Waals surface area (Å²) in [5.41, 5.74) is 6.65. The van der Waals surface area contributed by atoms with Crippen molar-refractivity contribution in [1.29, 1.82) is 0 Å². The number of carbonyl (C=O) groups excluding carboxylic acids is 1. The molecular formula is C16H27N3O. The Hall–Kier alpha value is -1.55. The summed E-state index contributed by atoms with van der Waals surface area (Å²) in [6, 6.07) is 10.3. The standard InChI is InChI=1S/C16H27N3O/c1-14(8-6-11-17)16(20)18-12-7-13-19(2)15-9-4-3-5-10-15/h3-5,9-10,14H,6-8,11-13,17H2,1-2H3,(H,18,20). The number of anilines is 1. The van der Waals surface area contributed by atoms with Gasteiger partial charge in [-0.25, -0.2) is 0 Å². The minimum Gasteiger partial charge on any atom is -0.375 e. The zero-order valence-electron chi connectivity index (χ0n) is 12.6. The lowest BCUT2D eigenvalue weighted by molar-refractivity contribution is -0.124. The van der Waals surface area contributed by atoms with E-state index >= 15 is 0 Å². The third kappa shape index (κ3) is 6.06. The van der Waals surface area contributed by atoms with E-state index in [0.29, 0.717) is 6.54 Å². The predicted molar refractivity (Wildman–Crippen MR) is 84.8 cm³/mol. The fourth-order valence-electron chi connectivity index (χ4n) is 2.07. The molecule has 4 heteroatoms. The molecule has 0 aromatic heterocycles. The predicted octanol–water partition coefficient (Wildman–Crippen LogP) is 2.00. The van der Waals surface area contributed by atoms with Crippen LogP contribution in [-0.4, -0.2) is 32.6 Å². The summed E-state index contributed by atoms with van der Waals surface area (Å²) >= 11 is 0. The van der Waals surface area contributed by atoms with Gasteiger partial charge in [-0.05, 0) is 37.9 Å². The van der Waals surface area contributed by atoms with Crippen LogP contribution in [-0.2, 0) is 4.79 Å². The van der Waals surface area contributed by atoms with Crippen molar-refractivity contribution in [2.75, 3.05) is 31.6 Å². The number of benzene rings is 1. The zero-order valence-corrected chi connectivity index (χ0v) is 12.6. The highest BCUT2D eigenvalue weighted by Gasteiger charge is 2.11. The Morgan fingerprint density at radius 1 is 1.30 bits per heavy atom. The molecule has 1 aromatic rings. The van der Waals surface area contributed by atoms with Crippen molar-refractivity contribution in [3.05, 3.63) is 30.3 Å². The lowest BCUT2D eigenvalue weighted by atomic mass is 10.1. The summed E-state index contributed by atoms with van der Waals surface area (Å²) in [4.78, 5) is 14.0. The zero-order chi connectivity index (χ0) is 14.8. The van der Waals surface area contributed by atoms with Gasteiger partial charge < -0.3 is 16.0 Å². The highest BCUT2D eigenvalue weighted by atomic mass is 16.1. The smallest absolute Gasteiger partial charge is 0.222 e. The number of carbonyl (C=O) groups is 1. The first-order valence-electron chi connectivity index (χ1n) is 7.39. The SMILES string of the molecule is CC(CCCN)C(=O)NCCCN(C)c1ccccc1. The average molecular weight is 277 g/mol. The number of nitrogens with zero attached hydrogens (tertiary/aromatic N) is 1. The third-order valence-corrected chi connectivity index (χ3v) is 3.46. The molecule has 1 amide bonds. The van der Waals surface area contributed by atoms with Crippen LogP contribution in [0.5, 0.6) is 0 Å². The molecule has 1 rings (SSSR count). The number of para-hydroxylation sites is 1. The molecule has 0 fully saturated rings. The van der Waals surface area contributed by atoms with Gasteiger partial charge in [0.15, 0.2) is 0 Å². The number of amides is 1. The van der Waals surface area contributed by atoms with Crippen molar-refractivity contribution < 1.29 is 4.79 Å². The molecule has 1 unspecified atom stereocenters. The molecule has 3 N–H and O–H groups in total. The van der Waals surface area contributed by atoms with Crippen LogP contribution in [0.2, 0.25) is 0 Å². The van der Waals surface area contributed by atoms with Crippen LogP contribution in [0.15, 0.2) is 30.3 Å². The first-order valence-corrected chi connectivity index (χ1v) is 7.39. The number of nitrogens with one attached hydrogen (secondary N) is 1. The second-order valence-corrected chi connectivity index (χ2v) is 5.23. The van der Waals surface area contributed by atoms with Crippen LogP contribution in [0.25, 0.3) is 0 Å². The molecule has 0 heterocycles. The van der Waals surface area contributed by atoms with E-state index in [9.17, 15) is 4.79 Å². The van der Waals surface area contributed by atoms with E-state index < -0.39 is 0 Å². The maximum absolute atomic E-state index is 11.8. The summed E-state index contributed by atoms with van der Waals surface area (Å²) < 4.78 is 0. The summed E-state index contributed by atoms with van der Waals surface area (Å²) in [6.07, 6.45) is 2.72. The van der Waals surface area contributed by atoms with Gasteiger partial charge in [-0.2, -0.15) is 0 Å². The molecule has 0 aliphatic carbocycles. The van der Waals surface area contributed by atoms with Crippen LogP contribution in [0.3, 0.4) is 0 Å². The molecule has 20 heavy (non-hydrogen) atoms. The third-order valence-electron chi connectivity index (χ3n) is 3.46. The normalized spacial score (nSPS) is 11.9. The topological polar surface area (TPSA) is 58.4 Å². The molecule has 0 aliphatic rings. The fourth-order valence-corrected chi connectivity index (χ4v) is 2.07. The van der Waals surface area contributed by atoms with Gasteiger partial charge >= 0.3 is 0 Å². The van der Waals surface area contributed by atoms with Crippen molar-refractivity contribution in [3.8, 4) is 0 Å². The Bertz CT molecular complexity index is 381. The maximum atomic E-state index is 11.8. The highest BCUT2D eigenvalue weighted by Crippen LogP contribution is 2.10. The Balaban J connectivity index is 2.17. The monoisotopic (exact) mass is 277 g/mol. The molecule has 0 bridgehead atoms. The molecule has 1 aromatic carbocycles. The summed E-state index contributed by atoms with van der Waals surface area (Å²) in [5.74, 6) is 0.200. The number of hydrogen-bond donors (Lipinski definition) is 2.